The minimum atomic E-state index is -0.731. The lowest BCUT2D eigenvalue weighted by atomic mass is 9.88. The van der Waals surface area contributed by atoms with Gasteiger partial charge in [0.2, 0.25) is 0 Å². The van der Waals surface area contributed by atoms with Crippen molar-refractivity contribution in [2.24, 2.45) is 16.9 Å². The zero-order valence-electron chi connectivity index (χ0n) is 6.29. The minimum Gasteiger partial charge on any atom is -0.481 e. The third-order valence-corrected chi connectivity index (χ3v) is 2.03. The first-order valence-electron chi connectivity index (χ1n) is 3.72. The van der Waals surface area contributed by atoms with E-state index in [-0.39, 0.29) is 5.92 Å². The van der Waals surface area contributed by atoms with Gasteiger partial charge < -0.3 is 10.9 Å². The van der Waals surface area contributed by atoms with E-state index in [0.29, 0.717) is 6.42 Å². The van der Waals surface area contributed by atoms with Gasteiger partial charge in [0.1, 0.15) is 0 Å². The fourth-order valence-corrected chi connectivity index (χ4v) is 1.37. The molecule has 0 saturated heterocycles. The Labute approximate surface area is 65.1 Å². The second-order valence-corrected chi connectivity index (χ2v) is 2.83. The molecule has 0 unspecified atom stereocenters. The molecular formula is C7H12N2O2. The highest BCUT2D eigenvalue weighted by Crippen LogP contribution is 2.21. The van der Waals surface area contributed by atoms with Crippen LogP contribution in [0.25, 0.3) is 0 Å². The standard InChI is InChI=1S/C7H12N2O2/c8-9-6-3-1-2-5(4-6)7(10)11/h5H,1-4,8H2,(H,10,11)/b9-6-/t5-/m0/s1. The summed E-state index contributed by atoms with van der Waals surface area (Å²) >= 11 is 0. The summed E-state index contributed by atoms with van der Waals surface area (Å²) in [7, 11) is 0. The van der Waals surface area contributed by atoms with E-state index < -0.39 is 5.97 Å². The molecule has 0 aromatic heterocycles. The number of hydrogen-bond acceptors (Lipinski definition) is 3. The van der Waals surface area contributed by atoms with Crippen molar-refractivity contribution in [3.8, 4) is 0 Å². The van der Waals surface area contributed by atoms with E-state index >= 15 is 0 Å². The van der Waals surface area contributed by atoms with Gasteiger partial charge in [0.05, 0.1) is 5.92 Å². The molecule has 0 aromatic carbocycles. The summed E-state index contributed by atoms with van der Waals surface area (Å²) in [5.74, 6) is 4.07. The van der Waals surface area contributed by atoms with E-state index in [1.165, 1.54) is 0 Å². The van der Waals surface area contributed by atoms with E-state index in [0.717, 1.165) is 25.0 Å². The third-order valence-electron chi connectivity index (χ3n) is 2.03. The molecule has 0 bridgehead atoms. The van der Waals surface area contributed by atoms with Crippen molar-refractivity contribution in [2.45, 2.75) is 25.7 Å². The van der Waals surface area contributed by atoms with Gasteiger partial charge in [0.15, 0.2) is 0 Å². The molecule has 4 heteroatoms. The quantitative estimate of drug-likeness (QED) is 0.430. The highest BCUT2D eigenvalue weighted by atomic mass is 16.4. The number of carboxylic acids is 1. The van der Waals surface area contributed by atoms with Crippen LogP contribution < -0.4 is 5.84 Å². The van der Waals surface area contributed by atoms with Crippen molar-refractivity contribution in [1.82, 2.24) is 0 Å². The van der Waals surface area contributed by atoms with Gasteiger partial charge in [0.25, 0.3) is 0 Å². The summed E-state index contributed by atoms with van der Waals surface area (Å²) in [6.45, 7) is 0. The average molecular weight is 156 g/mol. The summed E-state index contributed by atoms with van der Waals surface area (Å²) in [5, 5.41) is 12.2. The molecule has 0 spiro atoms. The van der Waals surface area contributed by atoms with Crippen LogP contribution in [0.3, 0.4) is 0 Å². The minimum absolute atomic E-state index is 0.258. The van der Waals surface area contributed by atoms with Crippen LogP contribution in [-0.4, -0.2) is 16.8 Å². The maximum atomic E-state index is 10.5. The van der Waals surface area contributed by atoms with E-state index in [2.05, 4.69) is 5.10 Å². The molecule has 0 radical (unpaired) electrons. The van der Waals surface area contributed by atoms with Crippen LogP contribution in [0.2, 0.25) is 0 Å². The Morgan fingerprint density at radius 3 is 3.00 bits per heavy atom. The maximum Gasteiger partial charge on any atom is 0.306 e. The van der Waals surface area contributed by atoms with Crippen LogP contribution >= 0.6 is 0 Å². The fourth-order valence-electron chi connectivity index (χ4n) is 1.37. The molecule has 62 valence electrons. The highest BCUT2D eigenvalue weighted by molar-refractivity contribution is 5.89. The summed E-state index contributed by atoms with van der Waals surface area (Å²) in [5.41, 5.74) is 0.837. The molecule has 0 aliphatic heterocycles. The molecule has 1 rings (SSSR count). The molecule has 3 N–H and O–H groups in total. The van der Waals surface area contributed by atoms with E-state index in [4.69, 9.17) is 10.9 Å². The van der Waals surface area contributed by atoms with Gasteiger partial charge in [-0.05, 0) is 19.3 Å². The molecule has 1 saturated carbocycles. The van der Waals surface area contributed by atoms with Crippen LogP contribution in [0.15, 0.2) is 5.10 Å². The second-order valence-electron chi connectivity index (χ2n) is 2.83. The first kappa shape index (κ1) is 8.04. The largest absolute Gasteiger partial charge is 0.481 e. The average Bonchev–Trinajstić information content (AvgIpc) is 2.05. The van der Waals surface area contributed by atoms with Gasteiger partial charge in [-0.2, -0.15) is 5.10 Å². The summed E-state index contributed by atoms with van der Waals surface area (Å²) in [4.78, 5) is 10.5. The molecule has 1 aliphatic carbocycles. The molecule has 1 atom stereocenters. The summed E-state index contributed by atoms with van der Waals surface area (Å²) in [6.07, 6.45) is 3.05. The lowest BCUT2D eigenvalue weighted by molar-refractivity contribution is -0.141. The van der Waals surface area contributed by atoms with Crippen molar-refractivity contribution in [1.29, 1.82) is 0 Å². The Morgan fingerprint density at radius 2 is 2.45 bits per heavy atom. The number of aliphatic carboxylic acids is 1. The van der Waals surface area contributed by atoms with Crippen molar-refractivity contribution in [2.75, 3.05) is 0 Å². The highest BCUT2D eigenvalue weighted by Gasteiger charge is 2.23. The van der Waals surface area contributed by atoms with Crippen LogP contribution in [0.5, 0.6) is 0 Å². The lowest BCUT2D eigenvalue weighted by Gasteiger charge is -2.18. The zero-order chi connectivity index (χ0) is 8.27. The lowest BCUT2D eigenvalue weighted by Crippen LogP contribution is -2.23. The number of nitrogens with two attached hydrogens (primary N) is 1. The number of hydrazone groups is 1. The smallest absolute Gasteiger partial charge is 0.306 e. The van der Waals surface area contributed by atoms with Crippen LogP contribution in [-0.2, 0) is 4.79 Å². The number of nitrogens with zero attached hydrogens (tertiary/aromatic N) is 1. The van der Waals surface area contributed by atoms with E-state index in [9.17, 15) is 4.79 Å². The van der Waals surface area contributed by atoms with Crippen molar-refractivity contribution in [3.63, 3.8) is 0 Å². The first-order valence-corrected chi connectivity index (χ1v) is 3.72. The Bertz CT molecular complexity index is 189. The van der Waals surface area contributed by atoms with Crippen LogP contribution in [0.4, 0.5) is 0 Å². The van der Waals surface area contributed by atoms with Gasteiger partial charge in [0, 0.05) is 12.1 Å². The fraction of sp³-hybridized carbons (Fsp3) is 0.714. The molecule has 4 nitrogen and oxygen atoms in total. The Hall–Kier alpha value is -1.06. The molecule has 0 aromatic rings. The monoisotopic (exact) mass is 156 g/mol. The second kappa shape index (κ2) is 3.37. The molecule has 1 aliphatic rings. The number of rotatable bonds is 1. The third kappa shape index (κ3) is 1.93. The van der Waals surface area contributed by atoms with Gasteiger partial charge >= 0.3 is 5.97 Å². The van der Waals surface area contributed by atoms with E-state index in [1.807, 2.05) is 0 Å². The molecular weight excluding hydrogens is 144 g/mol. The predicted molar refractivity (Wildman–Crippen MR) is 41.2 cm³/mol. The van der Waals surface area contributed by atoms with Gasteiger partial charge in [-0.15, -0.1) is 0 Å². The normalized spacial score (nSPS) is 28.7. The van der Waals surface area contributed by atoms with Crippen LogP contribution in [0.1, 0.15) is 25.7 Å². The first-order chi connectivity index (χ1) is 5.24. The Morgan fingerprint density at radius 1 is 1.73 bits per heavy atom. The molecule has 0 amide bonds. The Balaban J connectivity index is 2.53. The summed E-state index contributed by atoms with van der Waals surface area (Å²) < 4.78 is 0. The van der Waals surface area contributed by atoms with Crippen molar-refractivity contribution in [3.05, 3.63) is 0 Å². The Kier molecular flexibility index (Phi) is 2.46. The zero-order valence-corrected chi connectivity index (χ0v) is 6.29. The topological polar surface area (TPSA) is 75.7 Å². The number of carbonyl (C=O) groups is 1. The SMILES string of the molecule is N/N=C1/CCC[C@H](C(=O)O)C1. The maximum absolute atomic E-state index is 10.5. The number of hydrogen-bond donors (Lipinski definition) is 2. The molecule has 0 heterocycles. The summed E-state index contributed by atoms with van der Waals surface area (Å²) in [6, 6.07) is 0. The van der Waals surface area contributed by atoms with Crippen molar-refractivity contribution < 1.29 is 9.90 Å². The van der Waals surface area contributed by atoms with Crippen molar-refractivity contribution >= 4 is 11.7 Å². The molecule has 11 heavy (non-hydrogen) atoms. The van der Waals surface area contributed by atoms with Gasteiger partial charge in [-0.1, -0.05) is 0 Å². The number of carboxylic acid groups (broad SMARTS) is 1. The molecule has 1 fully saturated rings. The van der Waals surface area contributed by atoms with E-state index in [1.54, 1.807) is 0 Å². The van der Waals surface area contributed by atoms with Crippen LogP contribution in [0, 0.1) is 5.92 Å². The van der Waals surface area contributed by atoms with Gasteiger partial charge in [-0.25, -0.2) is 0 Å². The predicted octanol–water partition coefficient (Wildman–Crippen LogP) is 0.576. The van der Waals surface area contributed by atoms with Gasteiger partial charge in [-0.3, -0.25) is 4.79 Å².